The van der Waals surface area contributed by atoms with Crippen molar-refractivity contribution in [3.8, 4) is 5.75 Å². The molecule has 1 saturated heterocycles. The maximum Gasteiger partial charge on any atom is 0.119 e. The highest BCUT2D eigenvalue weighted by Gasteiger charge is 2.38. The molecule has 0 saturated carbocycles. The Labute approximate surface area is 97.6 Å². The van der Waals surface area contributed by atoms with E-state index in [-0.39, 0.29) is 0 Å². The third-order valence-electron chi connectivity index (χ3n) is 2.94. The van der Waals surface area contributed by atoms with E-state index in [0.29, 0.717) is 18.8 Å². The number of ether oxygens (including phenoxy) is 2. The Bertz CT molecular complexity index is 297. The Hall–Kier alpha value is -1.02. The van der Waals surface area contributed by atoms with Crippen LogP contribution in [-0.2, 0) is 4.74 Å². The third kappa shape index (κ3) is 3.53. The van der Waals surface area contributed by atoms with Crippen molar-refractivity contribution in [3.63, 3.8) is 0 Å². The molecule has 0 aliphatic carbocycles. The molecular formula is C14H20O2. The number of unbranched alkanes of at least 4 members (excludes halogenated alkanes) is 2. The first-order chi connectivity index (χ1) is 7.90. The van der Waals surface area contributed by atoms with Crippen LogP contribution >= 0.6 is 0 Å². The van der Waals surface area contributed by atoms with Crippen LogP contribution in [0, 0.1) is 0 Å². The van der Waals surface area contributed by atoms with Crippen molar-refractivity contribution >= 4 is 0 Å². The minimum atomic E-state index is 0.331. The highest BCUT2D eigenvalue weighted by atomic mass is 16.6. The first-order valence-electron chi connectivity index (χ1n) is 6.23. The van der Waals surface area contributed by atoms with E-state index in [9.17, 15) is 0 Å². The highest BCUT2D eigenvalue weighted by Crippen LogP contribution is 2.28. The zero-order valence-electron chi connectivity index (χ0n) is 9.89. The quantitative estimate of drug-likeness (QED) is 0.519. The van der Waals surface area contributed by atoms with Crippen LogP contribution in [0.4, 0.5) is 0 Å². The van der Waals surface area contributed by atoms with Gasteiger partial charge in [0.1, 0.15) is 18.5 Å². The third-order valence-corrected chi connectivity index (χ3v) is 2.94. The molecule has 0 N–H and O–H groups in total. The summed E-state index contributed by atoms with van der Waals surface area (Å²) in [6.07, 6.45) is 5.84. The number of hydrogen-bond donors (Lipinski definition) is 0. The second kappa shape index (κ2) is 5.90. The van der Waals surface area contributed by atoms with Crippen molar-refractivity contribution in [2.75, 3.05) is 6.61 Å². The Kier molecular flexibility index (Phi) is 4.23. The van der Waals surface area contributed by atoms with Gasteiger partial charge in [-0.15, -0.1) is 0 Å². The molecule has 0 aromatic heterocycles. The summed E-state index contributed by atoms with van der Waals surface area (Å²) in [5.41, 5.74) is 0. The number of benzene rings is 1. The topological polar surface area (TPSA) is 21.8 Å². The predicted molar refractivity (Wildman–Crippen MR) is 64.7 cm³/mol. The standard InChI is InChI=1S/C14H20O2/c1-2-3-5-10-13-14(16-13)11-15-12-8-6-4-7-9-12/h4,6-9,13-14H,2-3,5,10-11H2,1H3. The Morgan fingerprint density at radius 3 is 2.69 bits per heavy atom. The summed E-state index contributed by atoms with van der Waals surface area (Å²) in [6, 6.07) is 9.93. The van der Waals surface area contributed by atoms with E-state index in [4.69, 9.17) is 9.47 Å². The lowest BCUT2D eigenvalue weighted by atomic mass is 10.1. The van der Waals surface area contributed by atoms with Crippen LogP contribution in [0.3, 0.4) is 0 Å². The van der Waals surface area contributed by atoms with E-state index < -0.39 is 0 Å². The fourth-order valence-corrected chi connectivity index (χ4v) is 1.87. The number of epoxide rings is 1. The zero-order valence-corrected chi connectivity index (χ0v) is 9.89. The maximum absolute atomic E-state index is 5.64. The van der Waals surface area contributed by atoms with Crippen molar-refractivity contribution in [1.82, 2.24) is 0 Å². The lowest BCUT2D eigenvalue weighted by molar-refractivity contribution is 0.259. The highest BCUT2D eigenvalue weighted by molar-refractivity contribution is 5.21. The average molecular weight is 220 g/mol. The summed E-state index contributed by atoms with van der Waals surface area (Å²) in [4.78, 5) is 0. The monoisotopic (exact) mass is 220 g/mol. The molecule has 2 rings (SSSR count). The van der Waals surface area contributed by atoms with E-state index in [1.807, 2.05) is 30.3 Å². The molecule has 1 heterocycles. The predicted octanol–water partition coefficient (Wildman–Crippen LogP) is 3.41. The van der Waals surface area contributed by atoms with E-state index >= 15 is 0 Å². The van der Waals surface area contributed by atoms with Crippen LogP contribution in [0.2, 0.25) is 0 Å². The molecule has 0 amide bonds. The maximum atomic E-state index is 5.64. The Morgan fingerprint density at radius 1 is 1.12 bits per heavy atom. The minimum absolute atomic E-state index is 0.331. The average Bonchev–Trinajstić information content (AvgIpc) is 3.07. The van der Waals surface area contributed by atoms with Crippen LogP contribution in [0.15, 0.2) is 30.3 Å². The van der Waals surface area contributed by atoms with Crippen LogP contribution < -0.4 is 4.74 Å². The number of hydrogen-bond acceptors (Lipinski definition) is 2. The van der Waals surface area contributed by atoms with Gasteiger partial charge in [0.25, 0.3) is 0 Å². The van der Waals surface area contributed by atoms with Gasteiger partial charge in [0.15, 0.2) is 0 Å². The van der Waals surface area contributed by atoms with Gasteiger partial charge in [-0.05, 0) is 18.6 Å². The van der Waals surface area contributed by atoms with Gasteiger partial charge >= 0.3 is 0 Å². The van der Waals surface area contributed by atoms with E-state index in [0.717, 1.165) is 5.75 Å². The second-order valence-corrected chi connectivity index (χ2v) is 4.33. The van der Waals surface area contributed by atoms with Crippen molar-refractivity contribution in [3.05, 3.63) is 30.3 Å². The van der Waals surface area contributed by atoms with Crippen molar-refractivity contribution in [2.24, 2.45) is 0 Å². The first kappa shape index (κ1) is 11.5. The van der Waals surface area contributed by atoms with Crippen LogP contribution in [0.5, 0.6) is 5.75 Å². The molecule has 1 fully saturated rings. The fraction of sp³-hybridized carbons (Fsp3) is 0.571. The summed E-state index contributed by atoms with van der Waals surface area (Å²) in [6.45, 7) is 2.92. The molecule has 1 aromatic carbocycles. The van der Waals surface area contributed by atoms with Gasteiger partial charge in [0.2, 0.25) is 0 Å². The van der Waals surface area contributed by atoms with E-state index in [2.05, 4.69) is 6.92 Å². The van der Waals surface area contributed by atoms with Crippen LogP contribution in [0.25, 0.3) is 0 Å². The SMILES string of the molecule is CCCCCC1OC1COc1ccccc1. The molecule has 2 unspecified atom stereocenters. The molecule has 1 aromatic rings. The fourth-order valence-electron chi connectivity index (χ4n) is 1.87. The van der Waals surface area contributed by atoms with Crippen molar-refractivity contribution < 1.29 is 9.47 Å². The van der Waals surface area contributed by atoms with Crippen molar-refractivity contribution in [1.29, 1.82) is 0 Å². The molecule has 0 bridgehead atoms. The summed E-state index contributed by atoms with van der Waals surface area (Å²) in [7, 11) is 0. The smallest absolute Gasteiger partial charge is 0.119 e. The summed E-state index contributed by atoms with van der Waals surface area (Å²) < 4.78 is 11.2. The summed E-state index contributed by atoms with van der Waals surface area (Å²) in [5.74, 6) is 0.935. The van der Waals surface area contributed by atoms with Gasteiger partial charge < -0.3 is 9.47 Å². The number of rotatable bonds is 7. The molecule has 2 atom stereocenters. The van der Waals surface area contributed by atoms with Gasteiger partial charge in [-0.2, -0.15) is 0 Å². The van der Waals surface area contributed by atoms with Gasteiger partial charge in [-0.25, -0.2) is 0 Å². The van der Waals surface area contributed by atoms with Crippen LogP contribution in [-0.4, -0.2) is 18.8 Å². The Balaban J connectivity index is 1.59. The minimum Gasteiger partial charge on any atom is -0.491 e. The van der Waals surface area contributed by atoms with Crippen LogP contribution in [0.1, 0.15) is 32.6 Å². The van der Waals surface area contributed by atoms with Gasteiger partial charge in [-0.3, -0.25) is 0 Å². The van der Waals surface area contributed by atoms with E-state index in [1.165, 1.54) is 25.7 Å². The van der Waals surface area contributed by atoms with Gasteiger partial charge in [0.05, 0.1) is 6.10 Å². The first-order valence-corrected chi connectivity index (χ1v) is 6.23. The summed E-state index contributed by atoms with van der Waals surface area (Å²) in [5, 5.41) is 0. The number of para-hydroxylation sites is 1. The molecule has 88 valence electrons. The zero-order chi connectivity index (χ0) is 11.2. The molecule has 16 heavy (non-hydrogen) atoms. The van der Waals surface area contributed by atoms with E-state index in [1.54, 1.807) is 0 Å². The lowest BCUT2D eigenvalue weighted by Gasteiger charge is -2.02. The summed E-state index contributed by atoms with van der Waals surface area (Å²) >= 11 is 0. The Morgan fingerprint density at radius 2 is 1.94 bits per heavy atom. The molecule has 1 aliphatic rings. The molecule has 0 radical (unpaired) electrons. The normalized spacial score (nSPS) is 23.1. The molecule has 0 spiro atoms. The van der Waals surface area contributed by atoms with Crippen molar-refractivity contribution in [2.45, 2.75) is 44.8 Å². The van der Waals surface area contributed by atoms with Gasteiger partial charge in [-0.1, -0.05) is 44.4 Å². The van der Waals surface area contributed by atoms with Gasteiger partial charge in [0, 0.05) is 0 Å². The molecule has 1 aliphatic heterocycles. The molecule has 2 heteroatoms. The molecule has 2 nitrogen and oxygen atoms in total. The lowest BCUT2D eigenvalue weighted by Crippen LogP contribution is -2.07. The largest absolute Gasteiger partial charge is 0.491 e. The second-order valence-electron chi connectivity index (χ2n) is 4.33. The molecular weight excluding hydrogens is 200 g/mol.